The molecule has 0 atom stereocenters. The highest BCUT2D eigenvalue weighted by atomic mass is 32.1. The maximum atomic E-state index is 12.6. The Kier molecular flexibility index (Phi) is 3.44. The van der Waals surface area contributed by atoms with Gasteiger partial charge in [0.1, 0.15) is 10.0 Å². The second-order valence-corrected chi connectivity index (χ2v) is 8.76. The van der Waals surface area contributed by atoms with Gasteiger partial charge in [0.15, 0.2) is 0 Å². The quantitative estimate of drug-likeness (QED) is 0.777. The summed E-state index contributed by atoms with van der Waals surface area (Å²) in [6.07, 6.45) is 3.26. The first-order valence-electron chi connectivity index (χ1n) is 9.05. The Hall–Kier alpha value is -2.28. The molecule has 7 heteroatoms. The van der Waals surface area contributed by atoms with Crippen LogP contribution in [0, 0.1) is 12.8 Å². The fraction of sp³-hybridized carbons (Fsp3) is 0.474. The smallest absolute Gasteiger partial charge is 0.312 e. The third-order valence-corrected chi connectivity index (χ3v) is 7.00. The first kappa shape index (κ1) is 15.9. The number of amides is 2. The van der Waals surface area contributed by atoms with E-state index in [1.807, 2.05) is 36.1 Å². The van der Waals surface area contributed by atoms with Crippen LogP contribution in [0.5, 0.6) is 0 Å². The van der Waals surface area contributed by atoms with Crippen LogP contribution in [0.1, 0.15) is 29.8 Å². The number of hydrogen-bond acceptors (Lipinski definition) is 5. The van der Waals surface area contributed by atoms with Gasteiger partial charge in [-0.2, -0.15) is 0 Å². The number of nitrogens with zero attached hydrogens (tertiary/aromatic N) is 4. The molecule has 2 heterocycles. The average Bonchev–Trinajstić information content (AvgIpc) is 3.00. The van der Waals surface area contributed by atoms with Crippen LogP contribution >= 0.6 is 11.3 Å². The summed E-state index contributed by atoms with van der Waals surface area (Å²) in [5.41, 5.74) is 2.23. The minimum Gasteiger partial charge on any atom is -0.327 e. The summed E-state index contributed by atoms with van der Waals surface area (Å²) < 4.78 is 0. The highest BCUT2D eigenvalue weighted by molar-refractivity contribution is 7.14. The Balaban J connectivity index is 1.29. The maximum Gasteiger partial charge on any atom is 0.312 e. The average molecular weight is 368 g/mol. The molecule has 4 fully saturated rings. The van der Waals surface area contributed by atoms with E-state index in [1.165, 1.54) is 11.3 Å². The number of piperazine rings is 1. The third kappa shape index (κ3) is 2.30. The van der Waals surface area contributed by atoms with E-state index in [4.69, 9.17) is 0 Å². The molecule has 0 radical (unpaired) electrons. The molecule has 6 rings (SSSR count). The van der Waals surface area contributed by atoms with Crippen molar-refractivity contribution in [3.05, 3.63) is 34.8 Å². The molecular formula is C19H20N4O2S. The van der Waals surface area contributed by atoms with E-state index < -0.39 is 5.91 Å². The lowest BCUT2D eigenvalue weighted by atomic mass is 9.49. The van der Waals surface area contributed by atoms with E-state index in [0.717, 1.165) is 46.3 Å². The van der Waals surface area contributed by atoms with Gasteiger partial charge in [0, 0.05) is 24.2 Å². The van der Waals surface area contributed by atoms with E-state index in [0.29, 0.717) is 19.6 Å². The molecular weight excluding hydrogens is 348 g/mol. The largest absolute Gasteiger partial charge is 0.327 e. The van der Waals surface area contributed by atoms with E-state index in [9.17, 15) is 9.59 Å². The highest BCUT2D eigenvalue weighted by Gasteiger charge is 2.62. The topological polar surface area (TPSA) is 66.4 Å². The first-order chi connectivity index (χ1) is 12.6. The molecule has 1 aliphatic heterocycles. The van der Waals surface area contributed by atoms with Crippen LogP contribution < -0.4 is 0 Å². The molecule has 1 saturated heterocycles. The third-order valence-electron chi connectivity index (χ3n) is 6.06. The number of rotatable bonds is 4. The lowest BCUT2D eigenvalue weighted by Crippen LogP contribution is -2.73. The van der Waals surface area contributed by atoms with E-state index in [2.05, 4.69) is 10.2 Å². The van der Waals surface area contributed by atoms with Crippen molar-refractivity contribution in [3.8, 4) is 10.6 Å². The van der Waals surface area contributed by atoms with Gasteiger partial charge >= 0.3 is 11.8 Å². The highest BCUT2D eigenvalue weighted by Crippen LogP contribution is 2.60. The molecule has 3 saturated carbocycles. The van der Waals surface area contributed by atoms with Crippen LogP contribution in [0.2, 0.25) is 0 Å². The molecule has 26 heavy (non-hydrogen) atoms. The van der Waals surface area contributed by atoms with Gasteiger partial charge in [0.05, 0.1) is 6.54 Å². The number of carbonyl (C=O) groups excluding carboxylic acids is 2. The predicted octanol–water partition coefficient (Wildman–Crippen LogP) is 2.24. The summed E-state index contributed by atoms with van der Waals surface area (Å²) in [6.45, 7) is 3.62. The number of aromatic nitrogens is 2. The predicted molar refractivity (Wildman–Crippen MR) is 97.3 cm³/mol. The van der Waals surface area contributed by atoms with Gasteiger partial charge in [-0.05, 0) is 37.7 Å². The summed E-state index contributed by atoms with van der Waals surface area (Å²) >= 11 is 1.49. The van der Waals surface area contributed by atoms with Gasteiger partial charge in [-0.3, -0.25) is 9.59 Å². The minimum absolute atomic E-state index is 0.0181. The number of hydrogen-bond donors (Lipinski definition) is 0. The monoisotopic (exact) mass is 368 g/mol. The molecule has 3 aliphatic carbocycles. The fourth-order valence-electron chi connectivity index (χ4n) is 4.44. The first-order valence-corrected chi connectivity index (χ1v) is 9.87. The zero-order valence-corrected chi connectivity index (χ0v) is 15.5. The lowest BCUT2D eigenvalue weighted by molar-refractivity contribution is -0.186. The maximum absolute atomic E-state index is 12.6. The van der Waals surface area contributed by atoms with Crippen molar-refractivity contribution in [3.63, 3.8) is 0 Å². The second kappa shape index (κ2) is 5.61. The SMILES string of the molecule is Cc1ccccc1-c1nnc(CN2CCN(C34CC(C3)C4)C(=O)C2=O)s1. The molecule has 1 aromatic heterocycles. The fourth-order valence-corrected chi connectivity index (χ4v) is 5.39. The summed E-state index contributed by atoms with van der Waals surface area (Å²) in [4.78, 5) is 28.6. The van der Waals surface area contributed by atoms with Gasteiger partial charge in [-0.1, -0.05) is 35.6 Å². The van der Waals surface area contributed by atoms with Crippen molar-refractivity contribution in [2.75, 3.05) is 13.1 Å². The minimum atomic E-state index is -0.395. The number of aryl methyl sites for hydroxylation is 1. The molecule has 1 aromatic carbocycles. The Morgan fingerprint density at radius 1 is 1.12 bits per heavy atom. The molecule has 2 amide bonds. The van der Waals surface area contributed by atoms with E-state index in [-0.39, 0.29) is 11.4 Å². The molecule has 0 N–H and O–H groups in total. The second-order valence-electron chi connectivity index (χ2n) is 7.70. The van der Waals surface area contributed by atoms with Gasteiger partial charge < -0.3 is 9.80 Å². The zero-order valence-electron chi connectivity index (χ0n) is 14.6. The van der Waals surface area contributed by atoms with Gasteiger partial charge in [0.25, 0.3) is 0 Å². The molecule has 0 unspecified atom stereocenters. The van der Waals surface area contributed by atoms with Crippen molar-refractivity contribution in [2.45, 2.75) is 38.3 Å². The lowest BCUT2D eigenvalue weighted by Gasteiger charge is -2.66. The van der Waals surface area contributed by atoms with Gasteiger partial charge in [-0.15, -0.1) is 10.2 Å². The molecule has 0 spiro atoms. The molecule has 6 nitrogen and oxygen atoms in total. The molecule has 2 aromatic rings. The summed E-state index contributed by atoms with van der Waals surface area (Å²) in [7, 11) is 0. The van der Waals surface area contributed by atoms with Crippen LogP contribution in [0.3, 0.4) is 0 Å². The zero-order chi connectivity index (χ0) is 17.9. The molecule has 134 valence electrons. The summed E-state index contributed by atoms with van der Waals surface area (Å²) in [5, 5.41) is 10.1. The normalized spacial score (nSPS) is 27.3. The van der Waals surface area contributed by atoms with E-state index >= 15 is 0 Å². The number of benzene rings is 1. The van der Waals surface area contributed by atoms with Crippen LogP contribution in [0.15, 0.2) is 24.3 Å². The van der Waals surface area contributed by atoms with Gasteiger partial charge in [0.2, 0.25) is 0 Å². The summed E-state index contributed by atoms with van der Waals surface area (Å²) in [6, 6.07) is 8.05. The van der Waals surface area contributed by atoms with Crippen molar-refractivity contribution in [2.24, 2.45) is 5.92 Å². The van der Waals surface area contributed by atoms with Crippen molar-refractivity contribution in [1.29, 1.82) is 0 Å². The van der Waals surface area contributed by atoms with Crippen molar-refractivity contribution < 1.29 is 9.59 Å². The summed E-state index contributed by atoms with van der Waals surface area (Å²) in [5.74, 6) is 0.0591. The van der Waals surface area contributed by atoms with E-state index in [1.54, 1.807) is 4.90 Å². The molecule has 4 aliphatic rings. The van der Waals surface area contributed by atoms with Crippen LogP contribution in [0.4, 0.5) is 0 Å². The van der Waals surface area contributed by atoms with Crippen molar-refractivity contribution in [1.82, 2.24) is 20.0 Å². The molecule has 2 bridgehead atoms. The Labute approximate surface area is 155 Å². The van der Waals surface area contributed by atoms with Crippen LogP contribution in [-0.2, 0) is 16.1 Å². The van der Waals surface area contributed by atoms with Crippen molar-refractivity contribution >= 4 is 23.2 Å². The van der Waals surface area contributed by atoms with Crippen LogP contribution in [0.25, 0.3) is 10.6 Å². The van der Waals surface area contributed by atoms with Gasteiger partial charge in [-0.25, -0.2) is 0 Å². The van der Waals surface area contributed by atoms with Crippen LogP contribution in [-0.4, -0.2) is 50.4 Å². The Morgan fingerprint density at radius 2 is 1.88 bits per heavy atom. The standard InChI is InChI=1S/C19H20N4O2S/c1-12-4-2-3-5-14(12)16-21-20-15(26-16)11-22-6-7-23(18(25)17(22)24)19-8-13(9-19)10-19/h2-5,13H,6-11H2,1H3. The number of carbonyl (C=O) groups is 2. The Morgan fingerprint density at radius 3 is 2.58 bits per heavy atom. The Bertz CT molecular complexity index is 891.